The Labute approximate surface area is 848 Å². The summed E-state index contributed by atoms with van der Waals surface area (Å²) in [5.74, 6) is -13.7. The zero-order chi connectivity index (χ0) is 106. The average molecular weight is 2090 g/mol. The second-order valence-corrected chi connectivity index (χ2v) is 43.3. The summed E-state index contributed by atoms with van der Waals surface area (Å²) in [6, 6.07) is 73.2. The third kappa shape index (κ3) is 20.2. The highest BCUT2D eigenvalue weighted by Gasteiger charge is 2.57. The molecule has 10 unspecified atom stereocenters. The molecule has 20 rings (SSSR count). The zero-order valence-corrected chi connectivity index (χ0v) is 82.0. The molecule has 0 saturated carbocycles. The Bertz CT molecular complexity index is 7960. The molecule has 750 valence electrons. The minimum atomic E-state index is -4.10. The number of sulfonamides is 5. The molecule has 0 bridgehead atoms. The zero-order valence-electron chi connectivity index (χ0n) is 78.0. The van der Waals surface area contributed by atoms with Crippen LogP contribution in [0.15, 0.2) is 401 Å². The van der Waals surface area contributed by atoms with Crippen LogP contribution < -0.4 is 27.8 Å². The van der Waals surface area contributed by atoms with E-state index in [0.717, 1.165) is 22.0 Å². The van der Waals surface area contributed by atoms with Crippen LogP contribution in [-0.4, -0.2) is 218 Å². The van der Waals surface area contributed by atoms with Crippen molar-refractivity contribution in [2.75, 3.05) is 37.7 Å². The summed E-state index contributed by atoms with van der Waals surface area (Å²) in [5.41, 5.74) is 21.8. The summed E-state index contributed by atoms with van der Waals surface area (Å²) in [5, 5.41) is 31.6. The van der Waals surface area contributed by atoms with E-state index < -0.39 is 174 Å². The minimum Gasteiger partial charge on any atom is -0.399 e. The predicted octanol–water partition coefficient (Wildman–Crippen LogP) is 6.69. The normalized spacial score (nSPS) is 21.2. The largest absolute Gasteiger partial charge is 0.399 e. The fourth-order valence-electron chi connectivity index (χ4n) is 17.8. The molecule has 0 saturated heterocycles. The monoisotopic (exact) mass is 2090 g/mol. The molecule has 43 heteroatoms. The van der Waals surface area contributed by atoms with Crippen LogP contribution in [0.25, 0.3) is 10.4 Å². The molecule has 38 nitrogen and oxygen atoms in total. The molecule has 5 aliphatic heterocycles. The van der Waals surface area contributed by atoms with Crippen molar-refractivity contribution < 1.29 is 105 Å². The molecule has 10 aromatic carbocycles. The van der Waals surface area contributed by atoms with Gasteiger partial charge >= 0.3 is 0 Å². The van der Waals surface area contributed by atoms with Crippen molar-refractivity contribution in [2.24, 2.45) is 55.7 Å². The van der Waals surface area contributed by atoms with Crippen LogP contribution in [0.1, 0.15) is 41.7 Å². The van der Waals surface area contributed by atoms with Crippen molar-refractivity contribution in [3.63, 3.8) is 0 Å². The number of nitrogens with zero attached hydrogens (tertiary/aromatic N) is 10. The van der Waals surface area contributed by atoms with Gasteiger partial charge in [-0.1, -0.05) is 212 Å². The summed E-state index contributed by atoms with van der Waals surface area (Å²) in [6.07, 6.45) is 8.25. The summed E-state index contributed by atoms with van der Waals surface area (Å²) >= 11 is 0. The molecule has 2 amide bonds. The third-order valence-electron chi connectivity index (χ3n) is 25.1. The number of benzene rings is 10. The minimum absolute atomic E-state index is 0.00795. The molecule has 5 aliphatic carbocycles. The molecule has 9 N–H and O–H groups in total. The van der Waals surface area contributed by atoms with Gasteiger partial charge in [-0.2, -0.15) is 71.7 Å². The highest BCUT2D eigenvalue weighted by molar-refractivity contribution is 7.90. The third-order valence-corrected chi connectivity index (χ3v) is 33.6. The van der Waals surface area contributed by atoms with Gasteiger partial charge in [-0.15, -0.1) is 0 Å². The molecule has 10 aliphatic rings. The van der Waals surface area contributed by atoms with Crippen LogP contribution in [0.5, 0.6) is 0 Å². The topological polar surface area (TPSA) is 568 Å². The van der Waals surface area contributed by atoms with E-state index in [1.807, 2.05) is 0 Å². The first kappa shape index (κ1) is 104. The Balaban J connectivity index is 0.000000132. The Morgan fingerprint density at radius 2 is 0.581 bits per heavy atom. The van der Waals surface area contributed by atoms with Gasteiger partial charge in [0.15, 0.2) is 0 Å². The number of allylic oxidation sites excluding steroid dienone is 1. The van der Waals surface area contributed by atoms with Crippen molar-refractivity contribution in [1.29, 1.82) is 0 Å². The number of amides is 2. The number of anilines is 2. The van der Waals surface area contributed by atoms with Gasteiger partial charge in [0, 0.05) is 73.3 Å². The first-order valence-electron chi connectivity index (χ1n) is 45.3. The maximum atomic E-state index is 13.5. The van der Waals surface area contributed by atoms with Gasteiger partial charge < -0.3 is 32.9 Å². The maximum Gasteiger partial charge on any atom is 0.279 e. The predicted molar refractivity (Wildman–Crippen MR) is 539 cm³/mol. The molecule has 0 aromatic heterocycles. The summed E-state index contributed by atoms with van der Waals surface area (Å²) in [7, 11) is -20.4. The summed E-state index contributed by atoms with van der Waals surface area (Å²) in [4.78, 5) is 153. The Morgan fingerprint density at radius 1 is 0.324 bits per heavy atom. The van der Waals surface area contributed by atoms with E-state index in [9.17, 15) is 105 Å². The van der Waals surface area contributed by atoms with Gasteiger partial charge in [0.1, 0.15) is 0 Å². The van der Waals surface area contributed by atoms with Crippen LogP contribution in [0, 0.1) is 36.2 Å². The van der Waals surface area contributed by atoms with Gasteiger partial charge in [-0.3, -0.25) is 61.8 Å². The van der Waals surface area contributed by atoms with E-state index in [2.05, 4.69) is 35.9 Å². The second-order valence-electron chi connectivity index (χ2n) is 34.3. The highest BCUT2D eigenvalue weighted by atomic mass is 32.2. The Kier molecular flexibility index (Phi) is 29.8. The second kappa shape index (κ2) is 42.6. The number of hydrogen-bond acceptors (Lipinski definition) is 30. The lowest BCUT2D eigenvalue weighted by atomic mass is 9.79. The van der Waals surface area contributed by atoms with Crippen LogP contribution in [0.3, 0.4) is 0 Å². The van der Waals surface area contributed by atoms with E-state index >= 15 is 0 Å². The number of rotatable bonds is 21. The van der Waals surface area contributed by atoms with Crippen molar-refractivity contribution in [3.8, 4) is 0 Å². The van der Waals surface area contributed by atoms with Gasteiger partial charge in [0.25, 0.3) is 50.1 Å². The fraction of sp³-hybridized carbons (Fsp3) is 0.152. The number of aliphatic hydroxyl groups excluding tert-OH is 1. The van der Waals surface area contributed by atoms with E-state index in [1.54, 1.807) is 218 Å². The molecule has 0 spiro atoms. The fourth-order valence-corrected chi connectivity index (χ4v) is 25.0. The van der Waals surface area contributed by atoms with Gasteiger partial charge in [-0.25, -0.2) is 13.3 Å². The van der Waals surface area contributed by atoms with Crippen LogP contribution in [0.4, 0.5) is 11.4 Å². The number of hydrogen-bond donors (Lipinski definition) is 6. The van der Waals surface area contributed by atoms with E-state index in [-0.39, 0.29) is 107 Å². The van der Waals surface area contributed by atoms with Crippen molar-refractivity contribution in [1.82, 2.24) is 32.6 Å². The molecule has 0 radical (unpaired) electrons. The number of ketones is 10. The number of nitrogens with one attached hydrogen (secondary N) is 2. The lowest BCUT2D eigenvalue weighted by Gasteiger charge is -2.30. The number of fused-ring (bicyclic) bond motifs is 5. The van der Waals surface area contributed by atoms with Crippen LogP contribution in [0.2, 0.25) is 0 Å². The van der Waals surface area contributed by atoms with Crippen molar-refractivity contribution in [2.45, 2.75) is 68.5 Å². The Morgan fingerprint density at radius 3 is 0.885 bits per heavy atom. The molecular weight excluding hydrogens is 2000 g/mol. The molecule has 148 heavy (non-hydrogen) atoms. The smallest absolute Gasteiger partial charge is 0.279 e. The van der Waals surface area contributed by atoms with Crippen LogP contribution >= 0.6 is 0 Å². The SMILES string of the molecule is CC(=O)NCC1=CC2C(C(=O)C1=O)C(c1ccc(N)cc1)=CN2S(=O)(=O)c1ccc(N)cc1.CC(=O)NCC1=CC2C(C(=O)C1=O)C(c1ccccc1)=NN2S(=O)(=O)c1ccccc1.NCC1=CC2C(C(=O)C1=O)C(c1ccccc1)=NN2S(=O)(=O)c1ccccc1.O=C1C(=O)C2C(c3ccccc3)=NN(S(=O)(=O)c3ccccc3)C2C=C1CO.[C-]#[N+]C1=CC2C(C(=O)C1=O)C(c1ccccc1)=NN2S(=O)(=O)c1ccccc1. The molecule has 0 fully saturated rings. The van der Waals surface area contributed by atoms with Gasteiger partial charge in [0.05, 0.1) is 120 Å². The van der Waals surface area contributed by atoms with Gasteiger partial charge in [-0.05, 0) is 143 Å². The lowest BCUT2D eigenvalue weighted by molar-refractivity contribution is -0.136. The molecular formula is C105H87N15O23S5. The lowest BCUT2D eigenvalue weighted by Crippen LogP contribution is -2.47. The van der Waals surface area contributed by atoms with Crippen molar-refractivity contribution in [3.05, 3.63) is 395 Å². The number of nitrogen functional groups attached to an aromatic ring is 2. The number of aliphatic hydroxyl groups is 1. The number of carbonyl (C=O) groups is 12. The van der Waals surface area contributed by atoms with E-state index in [0.29, 0.717) is 44.8 Å². The van der Waals surface area contributed by atoms with Crippen LogP contribution in [-0.2, 0) is 108 Å². The summed E-state index contributed by atoms with van der Waals surface area (Å²) < 4.78 is 137. The highest BCUT2D eigenvalue weighted by Crippen LogP contribution is 2.46. The first-order chi connectivity index (χ1) is 70.7. The average Bonchev–Trinajstić information content (AvgIpc) is 1.57. The van der Waals surface area contributed by atoms with Gasteiger partial charge in [0.2, 0.25) is 75.3 Å². The maximum absolute atomic E-state index is 13.5. The standard InChI is InChI=1S/C23H22N4O5S.C22H19N3O5S.C20H13N3O4S.C20H17N3O4S.C20H16N2O5S/c1-13(28)26-11-15-10-20-21(23(30)22(15)29)19(14-2-4-16(24)5-3-14)12-27(20)33(31,32)18-8-6-17(25)7-9-18;1-14(26)23-13-16-12-18-19(22(28)21(16)27)20(15-8-4-2-5-9-15)24-25(18)31(29,30)17-10-6-3-7-11-17;1-21-15-12-16-17(20(25)19(15)24)18(13-8-4-2-5-9-13)22-23(16)28(26,27)14-10-6-3-7-11-14;21-12-14-11-16-17(20(25)19(14)24)18(13-7-3-1-4-8-13)22-23(16)28(26,27)15-9-5-2-6-10-15;23-12-14-11-16-17(20(25)19(14)24)18(13-7-3-1-4-8-13)21-22(16)28(26,27)15-9-5-2-6-10-15/h2-10,12,20-21H,11,24-25H2,1H3,(H,26,28);2-12,18-19H,13H2,1H3,(H,23,26);2-12,16-17H;1-11,16-17H,12,21H2;1-11,16-17,23H,12H2. The number of nitrogens with two attached hydrogens (primary N) is 3. The number of carbonyl (C=O) groups excluding carboxylic acids is 12. The number of hydrazone groups is 4. The van der Waals surface area contributed by atoms with E-state index in [1.165, 1.54) is 123 Å². The summed E-state index contributed by atoms with van der Waals surface area (Å²) in [6.45, 7) is 8.60. The first-order valence-corrected chi connectivity index (χ1v) is 52.5. The molecule has 5 heterocycles. The quantitative estimate of drug-likeness (QED) is 0.0248. The molecule has 10 atom stereocenters. The van der Waals surface area contributed by atoms with E-state index in [4.69, 9.17) is 23.8 Å². The number of Topliss-reactive ketones (excluding diaryl/α,β-unsaturated/α-hetero) is 10. The Hall–Kier alpha value is -17.3. The van der Waals surface area contributed by atoms with Crippen molar-refractivity contribution >= 4 is 160 Å². The molecule has 10 aromatic rings.